The molecule has 2 heterocycles. The van der Waals surface area contributed by atoms with E-state index in [0.717, 1.165) is 61.6 Å². The predicted molar refractivity (Wildman–Crippen MR) is 99.9 cm³/mol. The van der Waals surface area contributed by atoms with Gasteiger partial charge in [-0.25, -0.2) is 8.78 Å². The maximum absolute atomic E-state index is 13.5. The molecule has 0 atom stereocenters. The predicted octanol–water partition coefficient (Wildman–Crippen LogP) is 3.32. The van der Waals surface area contributed by atoms with Crippen molar-refractivity contribution in [3.05, 3.63) is 59.2 Å². The van der Waals surface area contributed by atoms with Crippen molar-refractivity contribution < 1.29 is 18.6 Å². The van der Waals surface area contributed by atoms with E-state index in [1.807, 2.05) is 18.2 Å². The summed E-state index contributed by atoms with van der Waals surface area (Å²) in [5.41, 5.74) is 2.75. The summed E-state index contributed by atoms with van der Waals surface area (Å²) in [5.74, 6) is -0.705. The third-order valence-electron chi connectivity index (χ3n) is 5.57. The minimum atomic E-state index is -0.806. The molecule has 4 nitrogen and oxygen atoms in total. The van der Waals surface area contributed by atoms with Gasteiger partial charge in [-0.05, 0) is 42.7 Å². The molecule has 2 aliphatic rings. The maximum Gasteiger partial charge on any atom is 0.160 e. The number of aliphatic hydroxyl groups excluding tert-OH is 1. The number of piperidine rings is 1. The van der Waals surface area contributed by atoms with E-state index in [0.29, 0.717) is 12.6 Å². The van der Waals surface area contributed by atoms with Gasteiger partial charge in [-0.2, -0.15) is 0 Å². The van der Waals surface area contributed by atoms with Crippen LogP contribution in [0.2, 0.25) is 0 Å². The summed E-state index contributed by atoms with van der Waals surface area (Å²) in [6, 6.07) is 10.4. The first kappa shape index (κ1) is 18.2. The zero-order valence-electron chi connectivity index (χ0n) is 15.2. The van der Waals surface area contributed by atoms with E-state index in [9.17, 15) is 13.9 Å². The number of fused-ring (bicyclic) bond motifs is 1. The Kier molecular flexibility index (Phi) is 5.27. The molecule has 0 bridgehead atoms. The zero-order chi connectivity index (χ0) is 18.8. The standard InChI is InChI=1S/C21H24F2N2O2/c22-19-3-2-18(12-20(19)23)24-7-5-17(6-8-24)25-9-10-27-21-4-1-15(14-26)11-16(21)13-25/h1-4,11-12,17,26H,5-10,13-14H2. The fourth-order valence-corrected chi connectivity index (χ4v) is 4.05. The number of anilines is 1. The highest BCUT2D eigenvalue weighted by Gasteiger charge is 2.27. The first-order valence-corrected chi connectivity index (χ1v) is 9.43. The van der Waals surface area contributed by atoms with Gasteiger partial charge in [-0.1, -0.05) is 6.07 Å². The SMILES string of the molecule is OCc1ccc2c(c1)CN(C1CCN(c3ccc(F)c(F)c3)CC1)CCO2. The lowest BCUT2D eigenvalue weighted by Gasteiger charge is -2.39. The average Bonchev–Trinajstić information content (AvgIpc) is 2.92. The first-order valence-electron chi connectivity index (χ1n) is 9.43. The molecule has 0 spiro atoms. The molecule has 1 fully saturated rings. The molecule has 0 amide bonds. The van der Waals surface area contributed by atoms with E-state index in [2.05, 4.69) is 9.80 Å². The van der Waals surface area contributed by atoms with Gasteiger partial charge < -0.3 is 14.7 Å². The Hall–Kier alpha value is -2.18. The second-order valence-corrected chi connectivity index (χ2v) is 7.24. The van der Waals surface area contributed by atoms with Crippen LogP contribution in [0, 0.1) is 11.6 Å². The van der Waals surface area contributed by atoms with Crippen molar-refractivity contribution in [2.24, 2.45) is 0 Å². The normalized spacial score (nSPS) is 18.7. The quantitative estimate of drug-likeness (QED) is 0.894. The van der Waals surface area contributed by atoms with Gasteiger partial charge in [0.05, 0.1) is 6.61 Å². The van der Waals surface area contributed by atoms with Gasteiger partial charge in [-0.15, -0.1) is 0 Å². The van der Waals surface area contributed by atoms with Crippen LogP contribution in [-0.4, -0.2) is 42.3 Å². The van der Waals surface area contributed by atoms with Crippen LogP contribution >= 0.6 is 0 Å². The van der Waals surface area contributed by atoms with E-state index >= 15 is 0 Å². The lowest BCUT2D eigenvalue weighted by atomic mass is 10.0. The first-order chi connectivity index (χ1) is 13.1. The molecule has 1 saturated heterocycles. The van der Waals surface area contributed by atoms with Crippen molar-refractivity contribution in [1.29, 1.82) is 0 Å². The van der Waals surface area contributed by atoms with Crippen molar-refractivity contribution in [2.75, 3.05) is 31.1 Å². The molecule has 144 valence electrons. The monoisotopic (exact) mass is 374 g/mol. The Morgan fingerprint density at radius 2 is 1.81 bits per heavy atom. The summed E-state index contributed by atoms with van der Waals surface area (Å²) in [4.78, 5) is 4.56. The maximum atomic E-state index is 13.5. The average molecular weight is 374 g/mol. The number of hydrogen-bond acceptors (Lipinski definition) is 4. The van der Waals surface area contributed by atoms with Crippen molar-refractivity contribution in [3.63, 3.8) is 0 Å². The van der Waals surface area contributed by atoms with Crippen LogP contribution in [0.1, 0.15) is 24.0 Å². The second kappa shape index (κ2) is 7.82. The molecular formula is C21H24F2N2O2. The van der Waals surface area contributed by atoms with Crippen molar-refractivity contribution in [2.45, 2.75) is 32.0 Å². The number of rotatable bonds is 3. The minimum absolute atomic E-state index is 0.0277. The van der Waals surface area contributed by atoms with E-state index in [1.54, 1.807) is 6.07 Å². The summed E-state index contributed by atoms with van der Waals surface area (Å²) in [5, 5.41) is 9.39. The lowest BCUT2D eigenvalue weighted by Crippen LogP contribution is -2.45. The molecule has 2 aromatic carbocycles. The fraction of sp³-hybridized carbons (Fsp3) is 0.429. The summed E-state index contributed by atoms with van der Waals surface area (Å²) >= 11 is 0. The van der Waals surface area contributed by atoms with Crippen LogP contribution in [0.15, 0.2) is 36.4 Å². The fourth-order valence-electron chi connectivity index (χ4n) is 4.05. The highest BCUT2D eigenvalue weighted by molar-refractivity contribution is 5.47. The van der Waals surface area contributed by atoms with E-state index < -0.39 is 11.6 Å². The Morgan fingerprint density at radius 1 is 1.00 bits per heavy atom. The Morgan fingerprint density at radius 3 is 2.56 bits per heavy atom. The van der Waals surface area contributed by atoms with Gasteiger partial charge in [0.1, 0.15) is 12.4 Å². The third-order valence-corrected chi connectivity index (χ3v) is 5.57. The van der Waals surface area contributed by atoms with Gasteiger partial charge in [0, 0.05) is 49.5 Å². The van der Waals surface area contributed by atoms with Crippen LogP contribution in [0.4, 0.5) is 14.5 Å². The molecule has 0 aromatic heterocycles. The Labute approximate surface area is 158 Å². The van der Waals surface area contributed by atoms with Crippen molar-refractivity contribution in [1.82, 2.24) is 4.90 Å². The number of benzene rings is 2. The summed E-state index contributed by atoms with van der Waals surface area (Å²) in [6.07, 6.45) is 1.93. The minimum Gasteiger partial charge on any atom is -0.492 e. The van der Waals surface area contributed by atoms with Crippen molar-refractivity contribution >= 4 is 5.69 Å². The topological polar surface area (TPSA) is 35.9 Å². The molecular weight excluding hydrogens is 350 g/mol. The molecule has 27 heavy (non-hydrogen) atoms. The summed E-state index contributed by atoms with van der Waals surface area (Å²) < 4.78 is 32.5. The number of halogens is 2. The number of hydrogen-bond donors (Lipinski definition) is 1. The van der Waals surface area contributed by atoms with Crippen LogP contribution in [0.5, 0.6) is 5.75 Å². The number of nitrogens with zero attached hydrogens (tertiary/aromatic N) is 2. The summed E-state index contributed by atoms with van der Waals surface area (Å²) in [6.45, 7) is 3.97. The lowest BCUT2D eigenvalue weighted by molar-refractivity contribution is 0.147. The molecule has 6 heteroatoms. The van der Waals surface area contributed by atoms with Gasteiger partial charge in [0.2, 0.25) is 0 Å². The van der Waals surface area contributed by atoms with Crippen LogP contribution in [-0.2, 0) is 13.2 Å². The molecule has 0 saturated carbocycles. The molecule has 4 rings (SSSR count). The number of ether oxygens (including phenoxy) is 1. The van der Waals surface area contributed by atoms with Gasteiger partial charge in [0.15, 0.2) is 11.6 Å². The second-order valence-electron chi connectivity index (χ2n) is 7.24. The molecule has 0 radical (unpaired) electrons. The highest BCUT2D eigenvalue weighted by atomic mass is 19.2. The van der Waals surface area contributed by atoms with Crippen LogP contribution < -0.4 is 9.64 Å². The van der Waals surface area contributed by atoms with Crippen LogP contribution in [0.3, 0.4) is 0 Å². The van der Waals surface area contributed by atoms with Crippen molar-refractivity contribution in [3.8, 4) is 5.75 Å². The van der Waals surface area contributed by atoms with E-state index in [1.165, 1.54) is 12.1 Å². The summed E-state index contributed by atoms with van der Waals surface area (Å²) in [7, 11) is 0. The number of aliphatic hydroxyl groups is 1. The Balaban J connectivity index is 1.42. The molecule has 0 unspecified atom stereocenters. The van der Waals surface area contributed by atoms with Gasteiger partial charge in [0.25, 0.3) is 0 Å². The molecule has 1 N–H and O–H groups in total. The van der Waals surface area contributed by atoms with E-state index in [-0.39, 0.29) is 6.61 Å². The largest absolute Gasteiger partial charge is 0.492 e. The van der Waals surface area contributed by atoms with Crippen LogP contribution in [0.25, 0.3) is 0 Å². The molecule has 2 aliphatic heterocycles. The smallest absolute Gasteiger partial charge is 0.160 e. The third kappa shape index (κ3) is 3.92. The molecule has 2 aromatic rings. The molecule has 0 aliphatic carbocycles. The van der Waals surface area contributed by atoms with E-state index in [4.69, 9.17) is 4.74 Å². The van der Waals surface area contributed by atoms with Gasteiger partial charge >= 0.3 is 0 Å². The van der Waals surface area contributed by atoms with Gasteiger partial charge in [-0.3, -0.25) is 4.90 Å². The zero-order valence-corrected chi connectivity index (χ0v) is 15.2. The Bertz CT molecular complexity index is 807. The highest BCUT2D eigenvalue weighted by Crippen LogP contribution is 2.29.